The molecule has 3 aromatic rings. The van der Waals surface area contributed by atoms with E-state index in [-0.39, 0.29) is 17.7 Å². The van der Waals surface area contributed by atoms with Crippen molar-refractivity contribution in [3.63, 3.8) is 0 Å². The third-order valence-corrected chi connectivity index (χ3v) is 4.88. The zero-order chi connectivity index (χ0) is 19.7. The van der Waals surface area contributed by atoms with Crippen molar-refractivity contribution in [2.75, 3.05) is 31.6 Å². The average Bonchev–Trinajstić information content (AvgIpc) is 3.10. The number of anilines is 1. The molecule has 0 atom stereocenters. The number of urea groups is 1. The molecule has 0 aliphatic carbocycles. The minimum absolute atomic E-state index is 0.0129. The van der Waals surface area contributed by atoms with Crippen LogP contribution < -0.4 is 5.32 Å². The molecular formula is C19H17ClF2N4O2. The molecule has 28 heavy (non-hydrogen) atoms. The van der Waals surface area contributed by atoms with Gasteiger partial charge in [0, 0.05) is 42.9 Å². The molecule has 146 valence electrons. The van der Waals surface area contributed by atoms with Crippen molar-refractivity contribution in [1.82, 2.24) is 14.9 Å². The van der Waals surface area contributed by atoms with Crippen LogP contribution >= 0.6 is 11.6 Å². The fourth-order valence-corrected chi connectivity index (χ4v) is 3.34. The molecule has 1 aromatic carbocycles. The van der Waals surface area contributed by atoms with Crippen molar-refractivity contribution in [3.05, 3.63) is 58.4 Å². The van der Waals surface area contributed by atoms with Crippen LogP contribution in [0.15, 0.2) is 30.6 Å². The van der Waals surface area contributed by atoms with Crippen LogP contribution in [-0.2, 0) is 11.2 Å². The standard InChI is InChI=1S/C19H17ClF2N4O2/c20-12-8-13-11(9-23-18(13)24-10-12)7-14-15(21)1-2-16(17(14)22)25-19(27)26-3-5-28-6-4-26/h1-2,8-10H,3-7H2,(H,23,24)(H,25,27). The van der Waals surface area contributed by atoms with Gasteiger partial charge in [0.05, 0.1) is 23.9 Å². The van der Waals surface area contributed by atoms with Gasteiger partial charge < -0.3 is 19.9 Å². The SMILES string of the molecule is O=C(Nc1ccc(F)c(Cc2c[nH]c3ncc(Cl)cc23)c1F)N1CCOCC1. The first-order valence-corrected chi connectivity index (χ1v) is 9.13. The van der Waals surface area contributed by atoms with Crippen LogP contribution in [0.3, 0.4) is 0 Å². The summed E-state index contributed by atoms with van der Waals surface area (Å²) in [4.78, 5) is 21.0. The first-order valence-electron chi connectivity index (χ1n) is 8.75. The molecule has 0 bridgehead atoms. The lowest BCUT2D eigenvalue weighted by molar-refractivity contribution is 0.0564. The zero-order valence-electron chi connectivity index (χ0n) is 14.8. The van der Waals surface area contributed by atoms with Gasteiger partial charge in [0.1, 0.15) is 11.5 Å². The predicted molar refractivity (Wildman–Crippen MR) is 102 cm³/mol. The molecule has 0 radical (unpaired) electrons. The fraction of sp³-hybridized carbons (Fsp3) is 0.263. The number of aromatic nitrogens is 2. The summed E-state index contributed by atoms with van der Waals surface area (Å²) in [5, 5.41) is 3.64. The maximum Gasteiger partial charge on any atom is 0.322 e. The van der Waals surface area contributed by atoms with E-state index >= 15 is 0 Å². The van der Waals surface area contributed by atoms with E-state index in [1.807, 2.05) is 0 Å². The summed E-state index contributed by atoms with van der Waals surface area (Å²) < 4.78 is 34.5. The highest BCUT2D eigenvalue weighted by molar-refractivity contribution is 6.31. The molecule has 1 saturated heterocycles. The number of halogens is 3. The van der Waals surface area contributed by atoms with E-state index in [1.54, 1.807) is 12.3 Å². The number of nitrogens with one attached hydrogen (secondary N) is 2. The van der Waals surface area contributed by atoms with Gasteiger partial charge in [-0.2, -0.15) is 0 Å². The number of morpholine rings is 1. The topological polar surface area (TPSA) is 70.2 Å². The van der Waals surface area contributed by atoms with E-state index in [9.17, 15) is 13.6 Å². The van der Waals surface area contributed by atoms with Gasteiger partial charge in [0.25, 0.3) is 0 Å². The van der Waals surface area contributed by atoms with Crippen LogP contribution in [0.1, 0.15) is 11.1 Å². The molecule has 3 heterocycles. The summed E-state index contributed by atoms with van der Waals surface area (Å²) in [5.74, 6) is -1.49. The fourth-order valence-electron chi connectivity index (χ4n) is 3.19. The normalized spacial score (nSPS) is 14.5. The largest absolute Gasteiger partial charge is 0.378 e. The van der Waals surface area contributed by atoms with Crippen LogP contribution in [0, 0.1) is 11.6 Å². The van der Waals surface area contributed by atoms with Crippen molar-refractivity contribution < 1.29 is 18.3 Å². The van der Waals surface area contributed by atoms with E-state index in [2.05, 4.69) is 15.3 Å². The lowest BCUT2D eigenvalue weighted by atomic mass is 10.0. The Labute approximate surface area is 164 Å². The maximum atomic E-state index is 15.0. The van der Waals surface area contributed by atoms with Gasteiger partial charge in [-0.25, -0.2) is 18.6 Å². The summed E-state index contributed by atoms with van der Waals surface area (Å²) in [6.45, 7) is 1.71. The van der Waals surface area contributed by atoms with E-state index in [0.717, 1.165) is 6.07 Å². The Morgan fingerprint density at radius 1 is 1.32 bits per heavy atom. The number of hydrogen-bond acceptors (Lipinski definition) is 3. The molecular weight excluding hydrogens is 390 g/mol. The molecule has 2 amide bonds. The third-order valence-electron chi connectivity index (χ3n) is 4.68. The number of carbonyl (C=O) groups excluding carboxylic acids is 1. The van der Waals surface area contributed by atoms with Crippen molar-refractivity contribution in [2.45, 2.75) is 6.42 Å². The van der Waals surface area contributed by atoms with Crippen LogP contribution in [0.2, 0.25) is 5.02 Å². The van der Waals surface area contributed by atoms with Crippen molar-refractivity contribution >= 4 is 34.4 Å². The van der Waals surface area contributed by atoms with Gasteiger partial charge in [-0.1, -0.05) is 11.6 Å². The molecule has 0 unspecified atom stereocenters. The number of nitrogens with zero attached hydrogens (tertiary/aromatic N) is 2. The number of ether oxygens (including phenoxy) is 1. The Morgan fingerprint density at radius 2 is 2.11 bits per heavy atom. The second kappa shape index (κ2) is 7.73. The number of amides is 2. The number of hydrogen-bond donors (Lipinski definition) is 2. The predicted octanol–water partition coefficient (Wildman–Crippen LogP) is 3.95. The molecule has 1 aliphatic heterocycles. The summed E-state index contributed by atoms with van der Waals surface area (Å²) in [7, 11) is 0. The van der Waals surface area contributed by atoms with Gasteiger partial charge in [0.2, 0.25) is 0 Å². The van der Waals surface area contributed by atoms with Gasteiger partial charge in [0.15, 0.2) is 5.82 Å². The highest BCUT2D eigenvalue weighted by Gasteiger charge is 2.21. The van der Waals surface area contributed by atoms with Gasteiger partial charge in [-0.15, -0.1) is 0 Å². The number of aromatic amines is 1. The Morgan fingerprint density at radius 3 is 2.89 bits per heavy atom. The van der Waals surface area contributed by atoms with Crippen LogP contribution in [0.5, 0.6) is 0 Å². The molecule has 0 spiro atoms. The Bertz CT molecular complexity index is 1030. The van der Waals surface area contributed by atoms with Crippen LogP contribution in [0.25, 0.3) is 11.0 Å². The van der Waals surface area contributed by atoms with Gasteiger partial charge in [-0.05, 0) is 23.8 Å². The second-order valence-corrected chi connectivity index (χ2v) is 6.89. The number of H-pyrrole nitrogens is 1. The zero-order valence-corrected chi connectivity index (χ0v) is 15.5. The van der Waals surface area contributed by atoms with Gasteiger partial charge >= 0.3 is 6.03 Å². The number of pyridine rings is 1. The summed E-state index contributed by atoms with van der Waals surface area (Å²) in [6, 6.07) is 3.62. The van der Waals surface area contributed by atoms with E-state index in [0.29, 0.717) is 47.9 Å². The first kappa shape index (κ1) is 18.6. The smallest absolute Gasteiger partial charge is 0.322 e. The molecule has 2 aromatic heterocycles. The van der Waals surface area contributed by atoms with Crippen LogP contribution in [0.4, 0.5) is 19.3 Å². The van der Waals surface area contributed by atoms with Crippen LogP contribution in [-0.4, -0.2) is 47.2 Å². The summed E-state index contributed by atoms with van der Waals surface area (Å²) in [6.07, 6.45) is 3.12. The minimum Gasteiger partial charge on any atom is -0.378 e. The third kappa shape index (κ3) is 3.65. The molecule has 1 aliphatic rings. The molecule has 4 rings (SSSR count). The van der Waals surface area contributed by atoms with E-state index in [4.69, 9.17) is 16.3 Å². The highest BCUT2D eigenvalue weighted by Crippen LogP contribution is 2.28. The van der Waals surface area contributed by atoms with E-state index < -0.39 is 17.7 Å². The number of fused-ring (bicyclic) bond motifs is 1. The Hall–Kier alpha value is -2.71. The van der Waals surface area contributed by atoms with E-state index in [1.165, 1.54) is 17.2 Å². The molecule has 2 N–H and O–H groups in total. The highest BCUT2D eigenvalue weighted by atomic mass is 35.5. The number of rotatable bonds is 3. The maximum absolute atomic E-state index is 15.0. The first-order chi connectivity index (χ1) is 13.5. The number of benzene rings is 1. The van der Waals surface area contributed by atoms with Crippen molar-refractivity contribution in [1.29, 1.82) is 0 Å². The quantitative estimate of drug-likeness (QED) is 0.692. The number of carbonyl (C=O) groups is 1. The lowest BCUT2D eigenvalue weighted by Gasteiger charge is -2.27. The minimum atomic E-state index is -0.800. The Balaban J connectivity index is 1.61. The Kier molecular flexibility index (Phi) is 5.15. The lowest BCUT2D eigenvalue weighted by Crippen LogP contribution is -2.43. The summed E-state index contributed by atoms with van der Waals surface area (Å²) in [5.41, 5.74) is 1.03. The monoisotopic (exact) mass is 406 g/mol. The molecule has 1 fully saturated rings. The van der Waals surface area contributed by atoms with Gasteiger partial charge in [-0.3, -0.25) is 0 Å². The summed E-state index contributed by atoms with van der Waals surface area (Å²) >= 11 is 5.98. The average molecular weight is 407 g/mol. The molecule has 9 heteroatoms. The van der Waals surface area contributed by atoms with Crippen molar-refractivity contribution in [2.24, 2.45) is 0 Å². The second-order valence-electron chi connectivity index (χ2n) is 6.46. The molecule has 0 saturated carbocycles. The van der Waals surface area contributed by atoms with Crippen molar-refractivity contribution in [3.8, 4) is 0 Å². The molecule has 6 nitrogen and oxygen atoms in total.